The molecule has 5 nitrogen and oxygen atoms in total. The van der Waals surface area contributed by atoms with Crippen LogP contribution in [0.25, 0.3) is 31.7 Å². The molecular formula is C15H7F3N4OS. The number of aromatic amines is 1. The molecule has 120 valence electrons. The number of thiophene rings is 1. The molecule has 0 radical (unpaired) electrons. The fraction of sp³-hybridized carbons (Fsp3) is 0.0667. The Labute approximate surface area is 135 Å². The lowest BCUT2D eigenvalue weighted by molar-refractivity contribution is -0.136. The first-order valence-electron chi connectivity index (χ1n) is 6.73. The van der Waals surface area contributed by atoms with Crippen LogP contribution in [-0.2, 0) is 6.18 Å². The molecule has 4 rings (SSSR count). The Morgan fingerprint density at radius 3 is 2.62 bits per heavy atom. The van der Waals surface area contributed by atoms with Crippen LogP contribution in [0, 0.1) is 0 Å². The first kappa shape index (κ1) is 14.8. The van der Waals surface area contributed by atoms with Crippen LogP contribution in [-0.4, -0.2) is 19.9 Å². The largest absolute Gasteiger partial charge is 0.417 e. The van der Waals surface area contributed by atoms with Gasteiger partial charge in [0.25, 0.3) is 5.56 Å². The monoisotopic (exact) mass is 348 g/mol. The predicted molar refractivity (Wildman–Crippen MR) is 83.8 cm³/mol. The van der Waals surface area contributed by atoms with Crippen molar-refractivity contribution >= 4 is 31.8 Å². The van der Waals surface area contributed by atoms with Crippen LogP contribution in [0.2, 0.25) is 0 Å². The normalized spacial score (nSPS) is 12.1. The Morgan fingerprint density at radius 1 is 1.17 bits per heavy atom. The van der Waals surface area contributed by atoms with Crippen molar-refractivity contribution in [3.63, 3.8) is 0 Å². The van der Waals surface area contributed by atoms with Crippen LogP contribution in [0.5, 0.6) is 0 Å². The number of nitrogens with zero attached hydrogens (tertiary/aromatic N) is 3. The lowest BCUT2D eigenvalue weighted by atomic mass is 10.1. The Bertz CT molecular complexity index is 1120. The fourth-order valence-electron chi connectivity index (χ4n) is 2.48. The minimum absolute atomic E-state index is 0.0138. The minimum atomic E-state index is -4.60. The molecule has 0 saturated heterocycles. The predicted octanol–water partition coefficient (Wildman–Crippen LogP) is 3.61. The number of alkyl halides is 3. The van der Waals surface area contributed by atoms with E-state index in [2.05, 4.69) is 19.9 Å². The second-order valence-corrected chi connectivity index (χ2v) is 5.98. The Balaban J connectivity index is 2.16. The topological polar surface area (TPSA) is 71.5 Å². The molecule has 0 spiro atoms. The SMILES string of the molecule is O=c1[nH]cnc2c1sc1nc(-c3ccncc3)cc(C(F)(F)F)c12. The van der Waals surface area contributed by atoms with E-state index in [1.807, 2.05) is 0 Å². The van der Waals surface area contributed by atoms with Crippen LogP contribution in [0.15, 0.2) is 41.7 Å². The van der Waals surface area contributed by atoms with Crippen molar-refractivity contribution in [2.75, 3.05) is 0 Å². The van der Waals surface area contributed by atoms with E-state index in [4.69, 9.17) is 0 Å². The molecule has 0 unspecified atom stereocenters. The second-order valence-electron chi connectivity index (χ2n) is 4.98. The van der Waals surface area contributed by atoms with Gasteiger partial charge in [-0.3, -0.25) is 9.78 Å². The van der Waals surface area contributed by atoms with Crippen LogP contribution in [0.3, 0.4) is 0 Å². The molecule has 4 aromatic rings. The molecule has 4 aromatic heterocycles. The number of fused-ring (bicyclic) bond motifs is 3. The number of pyridine rings is 2. The number of aromatic nitrogens is 4. The standard InChI is InChI=1S/C15H7F3N4OS/c16-15(17,18)8-5-9(7-1-3-19-4-2-7)22-14-10(8)11-12(24-14)13(23)21-6-20-11/h1-6H,(H,20,21,23). The van der Waals surface area contributed by atoms with Crippen LogP contribution in [0.4, 0.5) is 13.2 Å². The first-order chi connectivity index (χ1) is 11.4. The maximum Gasteiger partial charge on any atom is 0.417 e. The third-order valence-corrected chi connectivity index (χ3v) is 4.59. The molecule has 0 aliphatic heterocycles. The lowest BCUT2D eigenvalue weighted by Crippen LogP contribution is -2.07. The van der Waals surface area contributed by atoms with E-state index in [9.17, 15) is 18.0 Å². The van der Waals surface area contributed by atoms with Gasteiger partial charge in [0.15, 0.2) is 0 Å². The fourth-order valence-corrected chi connectivity index (χ4v) is 3.52. The molecule has 0 fully saturated rings. The van der Waals surface area contributed by atoms with Gasteiger partial charge in [0.05, 0.1) is 28.5 Å². The van der Waals surface area contributed by atoms with E-state index in [1.165, 1.54) is 12.4 Å². The third kappa shape index (κ3) is 2.24. The summed E-state index contributed by atoms with van der Waals surface area (Å²) in [5, 5.41) is -0.147. The summed E-state index contributed by atoms with van der Waals surface area (Å²) in [6.07, 6.45) is -0.549. The molecule has 0 amide bonds. The zero-order valence-corrected chi connectivity index (χ0v) is 12.6. The summed E-state index contributed by atoms with van der Waals surface area (Å²) in [7, 11) is 0. The number of hydrogen-bond donors (Lipinski definition) is 1. The van der Waals surface area contributed by atoms with E-state index in [-0.39, 0.29) is 26.1 Å². The molecule has 4 heterocycles. The molecule has 9 heteroatoms. The molecule has 0 aliphatic carbocycles. The van der Waals surface area contributed by atoms with Gasteiger partial charge in [-0.05, 0) is 18.2 Å². The van der Waals surface area contributed by atoms with Gasteiger partial charge in [-0.1, -0.05) is 0 Å². The van der Waals surface area contributed by atoms with Crippen molar-refractivity contribution < 1.29 is 13.2 Å². The molecule has 0 atom stereocenters. The summed E-state index contributed by atoms with van der Waals surface area (Å²) in [6, 6.07) is 4.13. The number of halogens is 3. The molecule has 1 N–H and O–H groups in total. The highest BCUT2D eigenvalue weighted by Crippen LogP contribution is 2.41. The molecular weight excluding hydrogens is 341 g/mol. The van der Waals surface area contributed by atoms with E-state index in [0.717, 1.165) is 23.7 Å². The highest BCUT2D eigenvalue weighted by molar-refractivity contribution is 7.25. The van der Waals surface area contributed by atoms with Gasteiger partial charge in [-0.15, -0.1) is 11.3 Å². The summed E-state index contributed by atoms with van der Waals surface area (Å²) in [5.74, 6) is 0. The van der Waals surface area contributed by atoms with Gasteiger partial charge < -0.3 is 4.98 Å². The molecule has 24 heavy (non-hydrogen) atoms. The third-order valence-electron chi connectivity index (χ3n) is 3.51. The summed E-state index contributed by atoms with van der Waals surface area (Å²) >= 11 is 0.894. The van der Waals surface area contributed by atoms with Crippen LogP contribution in [0.1, 0.15) is 5.56 Å². The zero-order chi connectivity index (χ0) is 16.9. The Kier molecular flexibility index (Phi) is 3.14. The summed E-state index contributed by atoms with van der Waals surface area (Å²) < 4.78 is 40.8. The van der Waals surface area contributed by atoms with Crippen molar-refractivity contribution in [1.29, 1.82) is 0 Å². The van der Waals surface area contributed by atoms with E-state index in [0.29, 0.717) is 5.56 Å². The first-order valence-corrected chi connectivity index (χ1v) is 7.55. The van der Waals surface area contributed by atoms with Crippen molar-refractivity contribution in [2.24, 2.45) is 0 Å². The molecule has 0 bridgehead atoms. The summed E-state index contributed by atoms with van der Waals surface area (Å²) in [6.45, 7) is 0. The molecule has 0 aliphatic rings. The maximum atomic E-state index is 13.6. The van der Waals surface area contributed by atoms with Crippen molar-refractivity contribution in [1.82, 2.24) is 19.9 Å². The van der Waals surface area contributed by atoms with Crippen molar-refractivity contribution in [3.05, 3.63) is 52.8 Å². The zero-order valence-electron chi connectivity index (χ0n) is 11.8. The second kappa shape index (κ2) is 5.10. The van der Waals surface area contributed by atoms with E-state index < -0.39 is 17.3 Å². The van der Waals surface area contributed by atoms with Crippen molar-refractivity contribution in [3.8, 4) is 11.3 Å². The number of H-pyrrole nitrogens is 1. The van der Waals surface area contributed by atoms with Gasteiger partial charge in [-0.2, -0.15) is 13.2 Å². The van der Waals surface area contributed by atoms with Gasteiger partial charge in [-0.25, -0.2) is 9.97 Å². The average Bonchev–Trinajstić information content (AvgIpc) is 2.94. The average molecular weight is 348 g/mol. The highest BCUT2D eigenvalue weighted by atomic mass is 32.1. The van der Waals surface area contributed by atoms with E-state index >= 15 is 0 Å². The van der Waals surface area contributed by atoms with Gasteiger partial charge in [0.1, 0.15) is 9.53 Å². The number of rotatable bonds is 1. The van der Waals surface area contributed by atoms with Gasteiger partial charge in [0, 0.05) is 18.0 Å². The van der Waals surface area contributed by atoms with Gasteiger partial charge in [0.2, 0.25) is 0 Å². The summed E-state index contributed by atoms with van der Waals surface area (Å²) in [5.41, 5.74) is -0.651. The molecule has 0 aromatic carbocycles. The van der Waals surface area contributed by atoms with Gasteiger partial charge >= 0.3 is 6.18 Å². The minimum Gasteiger partial charge on any atom is -0.312 e. The van der Waals surface area contributed by atoms with Crippen molar-refractivity contribution in [2.45, 2.75) is 6.18 Å². The lowest BCUT2D eigenvalue weighted by Gasteiger charge is -2.10. The van der Waals surface area contributed by atoms with E-state index in [1.54, 1.807) is 12.1 Å². The quantitative estimate of drug-likeness (QED) is 0.570. The maximum absolute atomic E-state index is 13.6. The summed E-state index contributed by atoms with van der Waals surface area (Å²) in [4.78, 5) is 26.4. The van der Waals surface area contributed by atoms with Crippen LogP contribution >= 0.6 is 11.3 Å². The Hall–Kier alpha value is -2.81. The van der Waals surface area contributed by atoms with Crippen LogP contribution < -0.4 is 5.56 Å². The smallest absolute Gasteiger partial charge is 0.312 e. The highest BCUT2D eigenvalue weighted by Gasteiger charge is 2.35. The number of hydrogen-bond acceptors (Lipinski definition) is 5. The Morgan fingerprint density at radius 2 is 1.92 bits per heavy atom. The molecule has 0 saturated carbocycles. The number of nitrogens with one attached hydrogen (secondary N) is 1.